The zero-order chi connectivity index (χ0) is 23.9. The van der Waals surface area contributed by atoms with Crippen LogP contribution in [-0.4, -0.2) is 37.8 Å². The van der Waals surface area contributed by atoms with Crippen molar-refractivity contribution in [2.45, 2.75) is 51.6 Å². The van der Waals surface area contributed by atoms with Crippen molar-refractivity contribution in [1.29, 1.82) is 0 Å². The molecule has 0 bridgehead atoms. The van der Waals surface area contributed by atoms with E-state index >= 15 is 0 Å². The highest BCUT2D eigenvalue weighted by Gasteiger charge is 2.22. The topological polar surface area (TPSA) is 108 Å². The Balaban J connectivity index is 2.01. The molecule has 0 aliphatic rings. The molecule has 0 fully saturated rings. The summed E-state index contributed by atoms with van der Waals surface area (Å²) < 4.78 is 26.6. The number of benzene rings is 2. The third kappa shape index (κ3) is 6.54. The Morgan fingerprint density at radius 2 is 1.47 bits per heavy atom. The van der Waals surface area contributed by atoms with Gasteiger partial charge in [0.1, 0.15) is 0 Å². The van der Waals surface area contributed by atoms with Crippen molar-refractivity contribution in [3.8, 4) is 0 Å². The average molecular weight is 461 g/mol. The molecule has 3 N–H and O–H groups in total. The zero-order valence-corrected chi connectivity index (χ0v) is 20.0. The van der Waals surface area contributed by atoms with Crippen molar-refractivity contribution in [2.24, 2.45) is 0 Å². The average Bonchev–Trinajstić information content (AvgIpc) is 2.74. The van der Waals surface area contributed by atoms with E-state index in [1.807, 2.05) is 32.0 Å². The molecule has 0 heterocycles. The van der Waals surface area contributed by atoms with Crippen molar-refractivity contribution in [1.82, 2.24) is 14.9 Å². The number of sulfonamides is 1. The van der Waals surface area contributed by atoms with Gasteiger partial charge >= 0.3 is 6.03 Å². The summed E-state index contributed by atoms with van der Waals surface area (Å²) in [4.78, 5) is 23.9. The molecule has 0 aliphatic carbocycles. The molecule has 0 aromatic heterocycles. The number of nitrogens with zero attached hydrogens (tertiary/aromatic N) is 1. The molecule has 174 valence electrons. The Morgan fingerprint density at radius 3 is 2.00 bits per heavy atom. The maximum Gasteiger partial charge on any atom is 0.315 e. The van der Waals surface area contributed by atoms with Gasteiger partial charge in [-0.1, -0.05) is 38.1 Å². The van der Waals surface area contributed by atoms with E-state index in [0.717, 1.165) is 11.1 Å². The summed E-state index contributed by atoms with van der Waals surface area (Å²) in [6.45, 7) is 9.54. The van der Waals surface area contributed by atoms with Gasteiger partial charge < -0.3 is 16.0 Å². The second kappa shape index (κ2) is 11.1. The molecule has 8 nitrogen and oxygen atoms in total. The van der Waals surface area contributed by atoms with Crippen molar-refractivity contribution in [2.75, 3.05) is 18.4 Å². The highest BCUT2D eigenvalue weighted by atomic mass is 32.2. The quantitative estimate of drug-likeness (QED) is 0.529. The predicted octanol–water partition coefficient (Wildman–Crippen LogP) is 3.80. The fraction of sp³-hybridized carbons (Fsp3) is 0.391. The molecule has 0 saturated heterocycles. The van der Waals surface area contributed by atoms with E-state index in [0.29, 0.717) is 18.8 Å². The predicted molar refractivity (Wildman–Crippen MR) is 126 cm³/mol. The maximum absolute atomic E-state index is 12.6. The van der Waals surface area contributed by atoms with Crippen LogP contribution in [0.15, 0.2) is 53.4 Å². The van der Waals surface area contributed by atoms with Crippen LogP contribution in [0.5, 0.6) is 0 Å². The number of urea groups is 1. The minimum absolute atomic E-state index is 0.162. The summed E-state index contributed by atoms with van der Waals surface area (Å²) in [6.07, 6.45) is 0. The molecular formula is C23H32N4O4S. The summed E-state index contributed by atoms with van der Waals surface area (Å²) in [7, 11) is -3.52. The summed E-state index contributed by atoms with van der Waals surface area (Å²) in [5.41, 5.74) is 2.31. The Hall–Kier alpha value is -2.91. The molecule has 0 spiro atoms. The lowest BCUT2D eigenvalue weighted by molar-refractivity contribution is -0.114. The third-order valence-corrected chi connectivity index (χ3v) is 7.19. The second-order valence-electron chi connectivity index (χ2n) is 7.53. The third-order valence-electron chi connectivity index (χ3n) is 5.13. The highest BCUT2D eigenvalue weighted by Crippen LogP contribution is 2.20. The molecule has 2 unspecified atom stereocenters. The van der Waals surface area contributed by atoms with Crippen LogP contribution in [-0.2, 0) is 14.8 Å². The van der Waals surface area contributed by atoms with Crippen LogP contribution in [0.2, 0.25) is 0 Å². The summed E-state index contributed by atoms with van der Waals surface area (Å²) in [5, 5.41) is 8.47. The van der Waals surface area contributed by atoms with E-state index in [1.165, 1.54) is 11.2 Å². The van der Waals surface area contributed by atoms with Crippen LogP contribution >= 0.6 is 0 Å². The van der Waals surface area contributed by atoms with Gasteiger partial charge in [-0.15, -0.1) is 0 Å². The minimum atomic E-state index is -3.52. The number of anilines is 1. The highest BCUT2D eigenvalue weighted by molar-refractivity contribution is 7.89. The number of hydrogen-bond acceptors (Lipinski definition) is 4. The van der Waals surface area contributed by atoms with Gasteiger partial charge in [0.25, 0.3) is 0 Å². The van der Waals surface area contributed by atoms with E-state index in [4.69, 9.17) is 0 Å². The Kier molecular flexibility index (Phi) is 8.80. The number of nitrogens with one attached hydrogen (secondary N) is 3. The van der Waals surface area contributed by atoms with Gasteiger partial charge in [-0.25, -0.2) is 13.2 Å². The van der Waals surface area contributed by atoms with Gasteiger partial charge in [-0.2, -0.15) is 4.31 Å². The Bertz CT molecular complexity index is 1030. The molecule has 2 aromatic rings. The van der Waals surface area contributed by atoms with Gasteiger partial charge in [-0.3, -0.25) is 4.79 Å². The first-order chi connectivity index (χ1) is 15.1. The van der Waals surface area contributed by atoms with Crippen molar-refractivity contribution < 1.29 is 18.0 Å². The molecular weight excluding hydrogens is 428 g/mol. The molecule has 0 radical (unpaired) electrons. The fourth-order valence-corrected chi connectivity index (χ4v) is 4.79. The number of carbonyl (C=O) groups excluding carboxylic acids is 2. The van der Waals surface area contributed by atoms with Crippen molar-refractivity contribution >= 4 is 27.6 Å². The van der Waals surface area contributed by atoms with Crippen LogP contribution in [0, 0.1) is 0 Å². The monoisotopic (exact) mass is 460 g/mol. The van der Waals surface area contributed by atoms with Gasteiger partial charge in [-0.05, 0) is 49.2 Å². The van der Waals surface area contributed by atoms with Crippen LogP contribution in [0.3, 0.4) is 0 Å². The lowest BCUT2D eigenvalue weighted by Crippen LogP contribution is -2.38. The molecule has 2 rings (SSSR count). The lowest BCUT2D eigenvalue weighted by atomic mass is 10.1. The van der Waals surface area contributed by atoms with Crippen molar-refractivity contribution in [3.05, 3.63) is 59.7 Å². The van der Waals surface area contributed by atoms with Gasteiger partial charge in [0.05, 0.1) is 17.0 Å². The maximum atomic E-state index is 12.6. The summed E-state index contributed by atoms with van der Waals surface area (Å²) in [6, 6.07) is 12.9. The SMILES string of the molecule is CCN(CC)S(=O)(=O)c1ccc(C(C)NC(=O)NC(C)c2cccc(NC(C)=O)c2)cc1. The lowest BCUT2D eigenvalue weighted by Gasteiger charge is -2.20. The molecule has 3 amide bonds. The van der Waals surface area contributed by atoms with Crippen molar-refractivity contribution in [3.63, 3.8) is 0 Å². The smallest absolute Gasteiger partial charge is 0.315 e. The van der Waals surface area contributed by atoms with E-state index in [1.54, 1.807) is 44.2 Å². The first-order valence-electron chi connectivity index (χ1n) is 10.6. The molecule has 9 heteroatoms. The number of rotatable bonds is 9. The number of amides is 3. The largest absolute Gasteiger partial charge is 0.332 e. The molecule has 0 aliphatic heterocycles. The number of hydrogen-bond donors (Lipinski definition) is 3. The van der Waals surface area contributed by atoms with E-state index in [2.05, 4.69) is 16.0 Å². The Morgan fingerprint density at radius 1 is 0.906 bits per heavy atom. The van der Waals surface area contributed by atoms with Crippen LogP contribution < -0.4 is 16.0 Å². The standard InChI is InChI=1S/C23H32N4O4S/c1-6-27(7-2)32(30,31)22-13-11-19(12-14-22)16(3)24-23(29)25-17(4)20-9-8-10-21(15-20)26-18(5)28/h8-17H,6-7H2,1-5H3,(H,26,28)(H2,24,25,29). The van der Waals surface area contributed by atoms with Gasteiger partial charge in [0, 0.05) is 25.7 Å². The Labute approximate surface area is 190 Å². The van der Waals surface area contributed by atoms with E-state index < -0.39 is 10.0 Å². The minimum Gasteiger partial charge on any atom is -0.332 e. The first kappa shape index (κ1) is 25.4. The zero-order valence-electron chi connectivity index (χ0n) is 19.2. The van der Waals surface area contributed by atoms with Gasteiger partial charge in [0.15, 0.2) is 0 Å². The second-order valence-corrected chi connectivity index (χ2v) is 9.46. The normalized spacial score (nSPS) is 13.3. The number of carbonyl (C=O) groups is 2. The van der Waals surface area contributed by atoms with Crippen LogP contribution in [0.25, 0.3) is 0 Å². The molecule has 2 atom stereocenters. The molecule has 0 saturated carbocycles. The van der Waals surface area contributed by atoms with Crippen LogP contribution in [0.4, 0.5) is 10.5 Å². The van der Waals surface area contributed by atoms with E-state index in [9.17, 15) is 18.0 Å². The van der Waals surface area contributed by atoms with Gasteiger partial charge in [0.2, 0.25) is 15.9 Å². The molecule has 32 heavy (non-hydrogen) atoms. The molecule has 2 aromatic carbocycles. The van der Waals surface area contributed by atoms with E-state index in [-0.39, 0.29) is 28.9 Å². The van der Waals surface area contributed by atoms with Crippen LogP contribution in [0.1, 0.15) is 57.8 Å². The fourth-order valence-electron chi connectivity index (χ4n) is 3.33. The first-order valence-corrected chi connectivity index (χ1v) is 12.1. The summed E-state index contributed by atoms with van der Waals surface area (Å²) in [5.74, 6) is -0.162. The summed E-state index contributed by atoms with van der Waals surface area (Å²) >= 11 is 0.